The molecule has 83 heavy (non-hydrogen) atoms. The second-order valence-corrected chi connectivity index (χ2v) is 23.7. The number of esters is 3. The molecule has 5 atom stereocenters. The minimum Gasteiger partial charge on any atom is -0.463 e. The van der Waals surface area contributed by atoms with Crippen LogP contribution in [0.4, 0.5) is 0 Å². The average Bonchev–Trinajstić information content (AvgIpc) is 3.46. The van der Waals surface area contributed by atoms with Crippen molar-refractivity contribution in [1.82, 2.24) is 0 Å². The fourth-order valence-corrected chi connectivity index (χ4v) is 9.49. The number of unbranched alkanes of at least 4 members (excludes halogenated alkanes) is 20. The molecule has 0 heterocycles. The van der Waals surface area contributed by atoms with E-state index in [1.165, 1.54) is 12.8 Å². The van der Waals surface area contributed by atoms with Gasteiger partial charge in [0.05, 0.1) is 26.4 Å². The molecular weight excluding hydrogens is 1100 g/mol. The third-order valence-electron chi connectivity index (χ3n) is 12.7. The molecule has 0 aliphatic carbocycles. The van der Waals surface area contributed by atoms with Gasteiger partial charge in [-0.15, -0.1) is 0 Å². The maximum absolute atomic E-state index is 12.8. The van der Waals surface area contributed by atoms with Crippen molar-refractivity contribution in [3.63, 3.8) is 0 Å². The molecular formula is C65H112O16P2. The molecule has 0 aliphatic rings. The van der Waals surface area contributed by atoms with Gasteiger partial charge in [-0.2, -0.15) is 0 Å². The molecule has 478 valence electrons. The summed E-state index contributed by atoms with van der Waals surface area (Å²) in [6.07, 6.45) is 62.0. The van der Waals surface area contributed by atoms with Gasteiger partial charge in [0, 0.05) is 19.3 Å². The van der Waals surface area contributed by atoms with Crippen molar-refractivity contribution >= 4 is 33.6 Å². The van der Waals surface area contributed by atoms with Gasteiger partial charge < -0.3 is 34.2 Å². The summed E-state index contributed by atoms with van der Waals surface area (Å²) < 4.78 is 60.6. The highest BCUT2D eigenvalue weighted by atomic mass is 31.2. The second-order valence-electron chi connectivity index (χ2n) is 20.8. The Morgan fingerprint density at radius 2 is 0.663 bits per heavy atom. The summed E-state index contributed by atoms with van der Waals surface area (Å²) >= 11 is 0. The number of carbonyl (C=O) groups is 3. The van der Waals surface area contributed by atoms with Gasteiger partial charge in [0.1, 0.15) is 25.4 Å². The van der Waals surface area contributed by atoms with Crippen LogP contribution >= 0.6 is 15.6 Å². The number of hydrogen-bond donors (Lipinski definition) is 4. The molecule has 4 N–H and O–H groups in total. The molecule has 0 saturated heterocycles. The van der Waals surface area contributed by atoms with E-state index in [1.54, 1.807) is 0 Å². The first-order valence-corrected chi connectivity index (χ1v) is 34.5. The standard InChI is InChI=1S/C65H112O16P2/c1-4-7-10-13-16-19-22-24-25-26-27-28-29-30-31-32-33-35-38-39-42-45-48-51-63(68)75-54-60(66)55-77-82(71,72)78-56-61(67)57-79-83(73,74)80-59-62(81-65(70)53-50-47-44-41-36-21-18-15-12-9-6-3)58-76-64(69)52-49-46-43-40-37-34-23-20-17-14-11-8-5-2/h7,10-11,14-16,18-20,23-25,27-28,30-31,60-62,66-67H,4-6,8-9,12-13,17,21-22,26,29,32-59H2,1-3H3,(H,71,72)(H,73,74)/b10-7-,14-11-,18-15-,19-16-,23-20-,25-24-,28-27-,31-30-. The van der Waals surface area contributed by atoms with Gasteiger partial charge in [-0.1, -0.05) is 208 Å². The quantitative estimate of drug-likeness (QED) is 0.0146. The van der Waals surface area contributed by atoms with Crippen molar-refractivity contribution in [1.29, 1.82) is 0 Å². The molecule has 0 radical (unpaired) electrons. The van der Waals surface area contributed by atoms with E-state index in [-0.39, 0.29) is 19.3 Å². The minimum atomic E-state index is -4.92. The van der Waals surface area contributed by atoms with Gasteiger partial charge in [-0.05, 0) is 109 Å². The Morgan fingerprint density at radius 3 is 1.07 bits per heavy atom. The average molecular weight is 1210 g/mol. The van der Waals surface area contributed by atoms with Crippen molar-refractivity contribution in [3.8, 4) is 0 Å². The molecule has 0 bridgehead atoms. The van der Waals surface area contributed by atoms with E-state index in [4.69, 9.17) is 32.3 Å². The molecule has 0 aliphatic heterocycles. The molecule has 0 rings (SSSR count). The third-order valence-corrected chi connectivity index (χ3v) is 14.6. The van der Waals surface area contributed by atoms with Crippen LogP contribution in [0.15, 0.2) is 97.2 Å². The molecule has 5 unspecified atom stereocenters. The fourth-order valence-electron chi connectivity index (χ4n) is 7.91. The predicted molar refractivity (Wildman–Crippen MR) is 334 cm³/mol. The Hall–Kier alpha value is -3.53. The van der Waals surface area contributed by atoms with Gasteiger partial charge in [-0.3, -0.25) is 32.5 Å². The lowest BCUT2D eigenvalue weighted by Crippen LogP contribution is -2.30. The second kappa shape index (κ2) is 58.8. The molecule has 18 heteroatoms. The molecule has 0 aromatic heterocycles. The van der Waals surface area contributed by atoms with Gasteiger partial charge >= 0.3 is 33.6 Å². The van der Waals surface area contributed by atoms with Crippen LogP contribution < -0.4 is 0 Å². The maximum atomic E-state index is 12.8. The summed E-state index contributed by atoms with van der Waals surface area (Å²) in [5, 5.41) is 20.5. The smallest absolute Gasteiger partial charge is 0.463 e. The number of aliphatic hydroxyl groups excluding tert-OH is 2. The predicted octanol–water partition coefficient (Wildman–Crippen LogP) is 16.7. The van der Waals surface area contributed by atoms with E-state index in [2.05, 4.69) is 118 Å². The first-order valence-electron chi connectivity index (χ1n) is 31.5. The van der Waals surface area contributed by atoms with E-state index in [0.29, 0.717) is 19.3 Å². The van der Waals surface area contributed by atoms with Crippen molar-refractivity contribution in [2.75, 3.05) is 39.6 Å². The van der Waals surface area contributed by atoms with Crippen LogP contribution in [0, 0.1) is 0 Å². The zero-order valence-electron chi connectivity index (χ0n) is 51.3. The van der Waals surface area contributed by atoms with Gasteiger partial charge in [-0.25, -0.2) is 9.13 Å². The van der Waals surface area contributed by atoms with E-state index in [1.807, 2.05) is 0 Å². The Kier molecular flexibility index (Phi) is 56.3. The Morgan fingerprint density at radius 1 is 0.349 bits per heavy atom. The Balaban J connectivity index is 4.54. The molecule has 0 aromatic rings. The van der Waals surface area contributed by atoms with Crippen molar-refractivity contribution < 1.29 is 75.8 Å². The Bertz CT molecular complexity index is 1910. The first-order chi connectivity index (χ1) is 40.2. The zero-order valence-corrected chi connectivity index (χ0v) is 53.1. The van der Waals surface area contributed by atoms with Crippen molar-refractivity contribution in [2.24, 2.45) is 0 Å². The summed E-state index contributed by atoms with van der Waals surface area (Å²) in [6, 6.07) is 0. The van der Waals surface area contributed by atoms with Gasteiger partial charge in [0.25, 0.3) is 0 Å². The van der Waals surface area contributed by atoms with Crippen LogP contribution in [0.3, 0.4) is 0 Å². The first kappa shape index (κ1) is 79.5. The lowest BCUT2D eigenvalue weighted by molar-refractivity contribution is -0.161. The van der Waals surface area contributed by atoms with E-state index >= 15 is 0 Å². The topological polar surface area (TPSA) is 231 Å². The Labute approximate surface area is 501 Å². The number of aliphatic hydroxyl groups is 2. The highest BCUT2D eigenvalue weighted by Gasteiger charge is 2.29. The summed E-state index contributed by atoms with van der Waals surface area (Å²) in [7, 11) is -9.77. The van der Waals surface area contributed by atoms with Crippen LogP contribution in [-0.4, -0.2) is 95.9 Å². The largest absolute Gasteiger partial charge is 0.472 e. The van der Waals surface area contributed by atoms with Gasteiger partial charge in [0.15, 0.2) is 6.10 Å². The van der Waals surface area contributed by atoms with Gasteiger partial charge in [0.2, 0.25) is 0 Å². The molecule has 0 saturated carbocycles. The van der Waals surface area contributed by atoms with E-state index in [9.17, 15) is 43.5 Å². The number of allylic oxidation sites excluding steroid dienone is 16. The zero-order chi connectivity index (χ0) is 61.0. The van der Waals surface area contributed by atoms with Crippen LogP contribution in [0.1, 0.15) is 239 Å². The summed E-state index contributed by atoms with van der Waals surface area (Å²) in [5.74, 6) is -1.62. The van der Waals surface area contributed by atoms with E-state index < -0.39 is 91.5 Å². The molecule has 0 spiro atoms. The van der Waals surface area contributed by atoms with Crippen molar-refractivity contribution in [3.05, 3.63) is 97.2 Å². The van der Waals surface area contributed by atoms with Crippen LogP contribution in [0.5, 0.6) is 0 Å². The third kappa shape index (κ3) is 60.0. The van der Waals surface area contributed by atoms with Crippen LogP contribution in [0.2, 0.25) is 0 Å². The summed E-state index contributed by atoms with van der Waals surface area (Å²) in [6.45, 7) is 2.38. The number of phosphoric acid groups is 2. The normalized spacial score (nSPS) is 15.0. The SMILES string of the molecule is CC/C=C\C/C=C\C/C=C\C/C=C\C/C=C\CCCCCCCCCC(=O)OCC(O)COP(=O)(O)OCC(O)COP(=O)(O)OCC(COC(=O)CCCCCCC/C=C\C/C=C\CCC)OC(=O)CCCCCCC/C=C\CCCC. The number of phosphoric ester groups is 2. The summed E-state index contributed by atoms with van der Waals surface area (Å²) in [5.41, 5.74) is 0. The fraction of sp³-hybridized carbons (Fsp3) is 0.708. The molecule has 0 aromatic carbocycles. The van der Waals surface area contributed by atoms with Crippen LogP contribution in [0.25, 0.3) is 0 Å². The highest BCUT2D eigenvalue weighted by molar-refractivity contribution is 7.47. The molecule has 0 fully saturated rings. The summed E-state index contributed by atoms with van der Waals surface area (Å²) in [4.78, 5) is 58.1. The number of rotatable bonds is 59. The lowest BCUT2D eigenvalue weighted by Gasteiger charge is -2.21. The number of hydrogen-bond acceptors (Lipinski definition) is 14. The highest BCUT2D eigenvalue weighted by Crippen LogP contribution is 2.45. The van der Waals surface area contributed by atoms with E-state index in [0.717, 1.165) is 167 Å². The number of ether oxygens (including phenoxy) is 3. The monoisotopic (exact) mass is 1210 g/mol. The minimum absolute atomic E-state index is 0.0903. The number of carbonyl (C=O) groups excluding carboxylic acids is 3. The lowest BCUT2D eigenvalue weighted by atomic mass is 10.1. The van der Waals surface area contributed by atoms with Crippen molar-refractivity contribution in [2.45, 2.75) is 257 Å². The molecule has 16 nitrogen and oxygen atoms in total. The van der Waals surface area contributed by atoms with Crippen LogP contribution in [-0.2, 0) is 55.8 Å². The molecule has 0 amide bonds. The maximum Gasteiger partial charge on any atom is 0.472 e.